The normalized spacial score (nSPS) is 13.8. The highest BCUT2D eigenvalue weighted by Crippen LogP contribution is 2.16. The van der Waals surface area contributed by atoms with Gasteiger partial charge in [-0.15, -0.1) is 0 Å². The van der Waals surface area contributed by atoms with Crippen molar-refractivity contribution in [1.29, 1.82) is 0 Å². The predicted molar refractivity (Wildman–Crippen MR) is 86.5 cm³/mol. The number of hydrogen-bond donors (Lipinski definition) is 1. The van der Waals surface area contributed by atoms with Gasteiger partial charge in [-0.1, -0.05) is 23.4 Å². The zero-order chi connectivity index (χ0) is 15.4. The first-order valence-electron chi connectivity index (χ1n) is 6.61. The molecule has 1 N–H and O–H groups in total. The molecule has 0 atom stereocenters. The van der Waals surface area contributed by atoms with Gasteiger partial charge in [-0.3, -0.25) is 15.1 Å². The van der Waals surface area contributed by atoms with Crippen LogP contribution in [0.1, 0.15) is 10.5 Å². The molecule has 1 amide bonds. The summed E-state index contributed by atoms with van der Waals surface area (Å²) in [5.41, 5.74) is 0.329. The predicted octanol–water partition coefficient (Wildman–Crippen LogP) is 2.41. The Hall–Kier alpha value is -1.99. The fourth-order valence-corrected chi connectivity index (χ4v) is 2.65. The van der Waals surface area contributed by atoms with Crippen LogP contribution in [0.4, 0.5) is 0 Å². The number of aliphatic imine (C=N–C) groups is 1. The van der Waals surface area contributed by atoms with Gasteiger partial charge in [0.2, 0.25) is 0 Å². The molecule has 0 saturated carbocycles. The fraction of sp³-hybridized carbons (Fsp3) is 0.214. The highest BCUT2D eigenvalue weighted by Gasteiger charge is 2.14. The van der Waals surface area contributed by atoms with E-state index in [0.717, 1.165) is 12.3 Å². The van der Waals surface area contributed by atoms with Gasteiger partial charge in [0.05, 0.1) is 6.54 Å². The second-order valence-corrected chi connectivity index (χ2v) is 5.98. The average Bonchev–Trinajstić information content (AvgIpc) is 3.18. The van der Waals surface area contributed by atoms with Crippen molar-refractivity contribution in [1.82, 2.24) is 15.1 Å². The molecule has 6 nitrogen and oxygen atoms in total. The Labute approximate surface area is 136 Å². The van der Waals surface area contributed by atoms with Crippen LogP contribution in [-0.4, -0.2) is 33.2 Å². The number of halogens is 1. The van der Waals surface area contributed by atoms with Crippen molar-refractivity contribution in [2.24, 2.45) is 4.99 Å². The first-order chi connectivity index (χ1) is 10.7. The lowest BCUT2D eigenvalue weighted by molar-refractivity contribution is 0.0971. The first-order valence-corrected chi connectivity index (χ1v) is 7.97. The van der Waals surface area contributed by atoms with Gasteiger partial charge in [-0.05, 0) is 30.3 Å². The highest BCUT2D eigenvalue weighted by atomic mass is 35.5. The summed E-state index contributed by atoms with van der Waals surface area (Å²) in [6.07, 6.45) is 1.69. The second kappa shape index (κ2) is 6.85. The number of thioether (sulfide) groups is 1. The van der Waals surface area contributed by atoms with Gasteiger partial charge in [0.15, 0.2) is 17.6 Å². The SMILES string of the molecule is O=C(NC1=NCCS1)c1ccn(COc2ccc(Cl)cc2)n1. The van der Waals surface area contributed by atoms with E-state index in [1.807, 2.05) is 0 Å². The summed E-state index contributed by atoms with van der Waals surface area (Å²) in [4.78, 5) is 16.2. The summed E-state index contributed by atoms with van der Waals surface area (Å²) in [7, 11) is 0. The number of nitrogens with one attached hydrogen (secondary N) is 1. The molecule has 22 heavy (non-hydrogen) atoms. The lowest BCUT2D eigenvalue weighted by atomic mass is 10.3. The van der Waals surface area contributed by atoms with Gasteiger partial charge in [0.25, 0.3) is 5.91 Å². The molecule has 0 radical (unpaired) electrons. The lowest BCUT2D eigenvalue weighted by Crippen LogP contribution is -2.27. The van der Waals surface area contributed by atoms with E-state index < -0.39 is 0 Å². The van der Waals surface area contributed by atoms with Crippen molar-refractivity contribution in [2.45, 2.75) is 6.73 Å². The summed E-state index contributed by atoms with van der Waals surface area (Å²) in [5.74, 6) is 1.32. The summed E-state index contributed by atoms with van der Waals surface area (Å²) in [6.45, 7) is 0.953. The Balaban J connectivity index is 1.56. The number of carbonyl (C=O) groups excluding carboxylic acids is 1. The monoisotopic (exact) mass is 336 g/mol. The number of nitrogens with zero attached hydrogens (tertiary/aromatic N) is 3. The Bertz CT molecular complexity index is 699. The molecule has 1 aliphatic rings. The summed E-state index contributed by atoms with van der Waals surface area (Å²) >= 11 is 7.34. The smallest absolute Gasteiger partial charge is 0.277 e. The van der Waals surface area contributed by atoms with E-state index in [9.17, 15) is 4.79 Å². The van der Waals surface area contributed by atoms with Crippen molar-refractivity contribution in [3.8, 4) is 5.75 Å². The van der Waals surface area contributed by atoms with Crippen LogP contribution in [0, 0.1) is 0 Å². The highest BCUT2D eigenvalue weighted by molar-refractivity contribution is 8.14. The van der Waals surface area contributed by atoms with Crippen LogP contribution in [0.2, 0.25) is 5.02 Å². The minimum Gasteiger partial charge on any atom is -0.471 e. The number of rotatable bonds is 4. The van der Waals surface area contributed by atoms with Crippen molar-refractivity contribution in [3.05, 3.63) is 47.2 Å². The number of amidine groups is 1. The Kier molecular flexibility index (Phi) is 4.65. The number of benzene rings is 1. The van der Waals surface area contributed by atoms with Crippen molar-refractivity contribution >= 4 is 34.4 Å². The van der Waals surface area contributed by atoms with Crippen molar-refractivity contribution in [3.63, 3.8) is 0 Å². The molecule has 0 spiro atoms. The third-order valence-corrected chi connectivity index (χ3v) is 4.00. The van der Waals surface area contributed by atoms with E-state index in [4.69, 9.17) is 16.3 Å². The minimum atomic E-state index is -0.265. The van der Waals surface area contributed by atoms with Crippen LogP contribution < -0.4 is 10.1 Å². The van der Waals surface area contributed by atoms with Gasteiger partial charge in [0, 0.05) is 17.0 Å². The number of aromatic nitrogens is 2. The summed E-state index contributed by atoms with van der Waals surface area (Å²) in [6, 6.07) is 8.68. The first kappa shape index (κ1) is 14.9. The quantitative estimate of drug-likeness (QED) is 0.931. The third kappa shape index (κ3) is 3.80. The molecule has 0 aliphatic carbocycles. The molecule has 8 heteroatoms. The maximum atomic E-state index is 12.0. The van der Waals surface area contributed by atoms with Gasteiger partial charge in [0.1, 0.15) is 5.75 Å². The Morgan fingerprint density at radius 1 is 1.36 bits per heavy atom. The van der Waals surface area contributed by atoms with Gasteiger partial charge in [-0.2, -0.15) is 5.10 Å². The van der Waals surface area contributed by atoms with Crippen LogP contribution in [0.25, 0.3) is 0 Å². The zero-order valence-electron chi connectivity index (χ0n) is 11.5. The van der Waals surface area contributed by atoms with E-state index in [1.165, 1.54) is 11.8 Å². The summed E-state index contributed by atoms with van der Waals surface area (Å²) < 4.78 is 7.10. The molecular formula is C14H13ClN4O2S. The number of amides is 1. The number of hydrogen-bond acceptors (Lipinski definition) is 5. The van der Waals surface area contributed by atoms with E-state index >= 15 is 0 Å². The summed E-state index contributed by atoms with van der Waals surface area (Å²) in [5, 5.41) is 8.21. The molecule has 1 aromatic heterocycles. The maximum Gasteiger partial charge on any atom is 0.277 e. The standard InChI is InChI=1S/C14H13ClN4O2S/c15-10-1-3-11(4-2-10)21-9-19-7-5-12(18-19)13(20)17-14-16-6-8-22-14/h1-5,7H,6,8-9H2,(H,16,17,20). The van der Waals surface area contributed by atoms with E-state index in [2.05, 4.69) is 15.4 Å². The Morgan fingerprint density at radius 2 is 2.18 bits per heavy atom. The second-order valence-electron chi connectivity index (χ2n) is 4.46. The molecule has 2 aromatic rings. The van der Waals surface area contributed by atoms with E-state index in [1.54, 1.807) is 41.2 Å². The largest absolute Gasteiger partial charge is 0.471 e. The lowest BCUT2D eigenvalue weighted by Gasteiger charge is -2.06. The van der Waals surface area contributed by atoms with E-state index in [0.29, 0.717) is 21.6 Å². The van der Waals surface area contributed by atoms with Crippen LogP contribution in [0.5, 0.6) is 5.75 Å². The van der Waals surface area contributed by atoms with Crippen LogP contribution in [-0.2, 0) is 6.73 Å². The number of carbonyl (C=O) groups is 1. The third-order valence-electron chi connectivity index (χ3n) is 2.86. The van der Waals surface area contributed by atoms with E-state index in [-0.39, 0.29) is 12.6 Å². The van der Waals surface area contributed by atoms with Crippen LogP contribution in [0.3, 0.4) is 0 Å². The molecule has 3 rings (SSSR count). The molecule has 0 unspecified atom stereocenters. The molecular weight excluding hydrogens is 324 g/mol. The topological polar surface area (TPSA) is 68.5 Å². The molecule has 1 aliphatic heterocycles. The zero-order valence-corrected chi connectivity index (χ0v) is 13.1. The van der Waals surface area contributed by atoms with Crippen molar-refractivity contribution in [2.75, 3.05) is 12.3 Å². The number of ether oxygens (including phenoxy) is 1. The molecule has 1 aromatic carbocycles. The van der Waals surface area contributed by atoms with Gasteiger partial charge in [-0.25, -0.2) is 4.68 Å². The molecule has 0 bridgehead atoms. The fourth-order valence-electron chi connectivity index (χ4n) is 1.80. The molecule has 114 valence electrons. The van der Waals surface area contributed by atoms with Crippen molar-refractivity contribution < 1.29 is 9.53 Å². The molecule has 0 saturated heterocycles. The maximum absolute atomic E-state index is 12.0. The van der Waals surface area contributed by atoms with Crippen LogP contribution in [0.15, 0.2) is 41.5 Å². The molecule has 0 fully saturated rings. The van der Waals surface area contributed by atoms with Gasteiger partial charge < -0.3 is 4.74 Å². The van der Waals surface area contributed by atoms with Gasteiger partial charge >= 0.3 is 0 Å². The molecule has 2 heterocycles. The average molecular weight is 337 g/mol. The minimum absolute atomic E-state index is 0.213. The Morgan fingerprint density at radius 3 is 2.91 bits per heavy atom. The van der Waals surface area contributed by atoms with Crippen LogP contribution >= 0.6 is 23.4 Å².